The molecule has 20 heavy (non-hydrogen) atoms. The average Bonchev–Trinajstić information content (AvgIpc) is 2.23. The Morgan fingerprint density at radius 2 is 1.85 bits per heavy atom. The topological polar surface area (TPSA) is 89.9 Å². The highest BCUT2D eigenvalue weighted by atomic mass is 35.7. The lowest BCUT2D eigenvalue weighted by Crippen LogP contribution is -2.17. The number of carbonyl (C=O) groups excluding carboxylic acids is 1. The zero-order valence-electron chi connectivity index (χ0n) is 9.72. The second-order valence-corrected chi connectivity index (χ2v) is 4.97. The zero-order valence-corrected chi connectivity index (χ0v) is 11.3. The van der Waals surface area contributed by atoms with E-state index in [9.17, 15) is 18.0 Å². The Labute approximate surface area is 116 Å². The highest BCUT2D eigenvalue weighted by molar-refractivity contribution is 8.09. The summed E-state index contributed by atoms with van der Waals surface area (Å²) in [6.45, 7) is 0. The van der Waals surface area contributed by atoms with Crippen LogP contribution in [0.15, 0.2) is 24.3 Å². The van der Waals surface area contributed by atoms with Gasteiger partial charge in [0, 0.05) is 10.7 Å². The van der Waals surface area contributed by atoms with Crippen LogP contribution in [0.2, 0.25) is 0 Å². The van der Waals surface area contributed by atoms with Gasteiger partial charge in [0.25, 0.3) is 0 Å². The monoisotopic (exact) mass is 336 g/mol. The summed E-state index contributed by atoms with van der Waals surface area (Å²) < 4.78 is 68.6. The van der Waals surface area contributed by atoms with Crippen molar-refractivity contribution in [1.29, 1.82) is 0 Å². The number of hydrogen-bond donors (Lipinski definition) is 1. The normalized spacial score (nSPS) is 11.1. The van der Waals surface area contributed by atoms with Crippen LogP contribution in [-0.2, 0) is 14.1 Å². The third kappa shape index (κ3) is 10.4. The van der Waals surface area contributed by atoms with Gasteiger partial charge in [-0.25, -0.2) is 4.79 Å². The summed E-state index contributed by atoms with van der Waals surface area (Å²) in [5.41, 5.74) is -0.000694. The van der Waals surface area contributed by atoms with Crippen molar-refractivity contribution in [1.82, 2.24) is 0 Å². The van der Waals surface area contributed by atoms with Gasteiger partial charge >= 0.3 is 21.7 Å². The van der Waals surface area contributed by atoms with Gasteiger partial charge < -0.3 is 9.47 Å². The van der Waals surface area contributed by atoms with Gasteiger partial charge in [-0.2, -0.15) is 8.42 Å². The van der Waals surface area contributed by atoms with Crippen molar-refractivity contribution in [3.8, 4) is 5.75 Å². The molecule has 0 aromatic heterocycles. The van der Waals surface area contributed by atoms with Gasteiger partial charge in [0.1, 0.15) is 5.75 Å². The molecule has 0 aliphatic carbocycles. The van der Waals surface area contributed by atoms with E-state index in [1.54, 1.807) is 0 Å². The molecule has 0 atom stereocenters. The molecule has 6 nitrogen and oxygen atoms in total. The summed E-state index contributed by atoms with van der Waals surface area (Å²) in [5, 5.41) is 0. The van der Waals surface area contributed by atoms with Crippen LogP contribution in [0.25, 0.3) is 0 Å². The maximum atomic E-state index is 11.8. The minimum Gasteiger partial charge on any atom is -0.465 e. The second-order valence-electron chi connectivity index (χ2n) is 2.98. The Bertz CT molecular complexity index is 549. The van der Waals surface area contributed by atoms with E-state index in [2.05, 4.69) is 20.2 Å². The van der Waals surface area contributed by atoms with E-state index in [-0.39, 0.29) is 5.56 Å². The number of methoxy groups -OCH3 is 1. The van der Waals surface area contributed by atoms with E-state index in [0.29, 0.717) is 0 Å². The van der Waals surface area contributed by atoms with Crippen molar-refractivity contribution in [3.05, 3.63) is 29.8 Å². The van der Waals surface area contributed by atoms with Crippen LogP contribution < -0.4 is 4.74 Å². The van der Waals surface area contributed by atoms with Gasteiger partial charge in [0.05, 0.1) is 12.7 Å². The number of ether oxygens (including phenoxy) is 2. The molecule has 114 valence electrons. The molecule has 0 spiro atoms. The minimum absolute atomic E-state index is 0.000694. The number of esters is 1. The molecular weight excluding hydrogens is 329 g/mol. The maximum Gasteiger partial charge on any atom is 0.573 e. The van der Waals surface area contributed by atoms with Crippen molar-refractivity contribution in [2.75, 3.05) is 7.11 Å². The molecule has 0 unspecified atom stereocenters. The third-order valence-electron chi connectivity index (χ3n) is 1.49. The summed E-state index contributed by atoms with van der Waals surface area (Å²) in [4.78, 5) is 11.0. The zero-order chi connectivity index (χ0) is 16.0. The van der Waals surface area contributed by atoms with Crippen LogP contribution in [-0.4, -0.2) is 32.4 Å². The summed E-state index contributed by atoms with van der Waals surface area (Å²) in [7, 11) is 1.00. The van der Waals surface area contributed by atoms with E-state index in [0.717, 1.165) is 19.2 Å². The van der Waals surface area contributed by atoms with Gasteiger partial charge in [-0.3, -0.25) is 4.55 Å². The lowest BCUT2D eigenvalue weighted by Gasteiger charge is -2.09. The second kappa shape index (κ2) is 7.31. The molecule has 0 saturated carbocycles. The number of hydrogen-bond acceptors (Lipinski definition) is 5. The van der Waals surface area contributed by atoms with Gasteiger partial charge in [-0.05, 0) is 18.2 Å². The SMILES string of the molecule is COC(=O)c1cccc(OC(F)(F)F)c1.O=S(=O)(O)Cl. The quantitative estimate of drug-likeness (QED) is 0.506. The third-order valence-corrected chi connectivity index (χ3v) is 1.49. The standard InChI is InChI=1S/C9H7F3O3.ClHO3S/c1-14-8(13)6-3-2-4-7(5-6)15-9(10,11)12;1-5(2,3)4/h2-5H,1H3;(H,2,3,4). The first-order valence-corrected chi connectivity index (χ1v) is 6.80. The highest BCUT2D eigenvalue weighted by Gasteiger charge is 2.31. The van der Waals surface area contributed by atoms with Gasteiger partial charge in [-0.1, -0.05) is 6.07 Å². The van der Waals surface area contributed by atoms with Crippen LogP contribution in [0.4, 0.5) is 13.2 Å². The Kier molecular flexibility index (Phi) is 6.76. The summed E-state index contributed by atoms with van der Waals surface area (Å²) in [5.74, 6) is -1.17. The first kappa shape index (κ1) is 18.5. The lowest BCUT2D eigenvalue weighted by atomic mass is 10.2. The molecule has 1 N–H and O–H groups in total. The van der Waals surface area contributed by atoms with Gasteiger partial charge in [-0.15, -0.1) is 13.2 Å². The predicted molar refractivity (Wildman–Crippen MR) is 61.9 cm³/mol. The van der Waals surface area contributed by atoms with Crippen molar-refractivity contribution < 1.29 is 40.4 Å². The fraction of sp³-hybridized carbons (Fsp3) is 0.222. The minimum atomic E-state index is -4.77. The van der Waals surface area contributed by atoms with Gasteiger partial charge in [0.15, 0.2) is 0 Å². The van der Waals surface area contributed by atoms with Crippen LogP contribution in [0.3, 0.4) is 0 Å². The van der Waals surface area contributed by atoms with Crippen molar-refractivity contribution >= 4 is 26.0 Å². The molecule has 0 amide bonds. The van der Waals surface area contributed by atoms with Crippen LogP contribution in [0, 0.1) is 0 Å². The number of rotatable bonds is 2. The van der Waals surface area contributed by atoms with E-state index >= 15 is 0 Å². The number of benzene rings is 1. The molecule has 0 fully saturated rings. The van der Waals surface area contributed by atoms with E-state index in [1.807, 2.05) is 0 Å². The first-order valence-electron chi connectivity index (χ1n) is 4.53. The molecule has 0 heterocycles. The van der Waals surface area contributed by atoms with Crippen molar-refractivity contribution in [3.63, 3.8) is 0 Å². The van der Waals surface area contributed by atoms with Crippen LogP contribution >= 0.6 is 10.7 Å². The molecule has 0 radical (unpaired) electrons. The first-order chi connectivity index (χ1) is 8.92. The Morgan fingerprint density at radius 1 is 1.35 bits per heavy atom. The summed E-state index contributed by atoms with van der Waals surface area (Å²) >= 11 is 0. The molecule has 1 aromatic rings. The van der Waals surface area contributed by atoms with E-state index < -0.39 is 27.4 Å². The number of halogens is 4. The highest BCUT2D eigenvalue weighted by Crippen LogP contribution is 2.23. The molecule has 0 bridgehead atoms. The predicted octanol–water partition coefficient (Wildman–Crippen LogP) is 2.40. The van der Waals surface area contributed by atoms with E-state index in [4.69, 9.17) is 13.0 Å². The van der Waals surface area contributed by atoms with Crippen molar-refractivity contribution in [2.24, 2.45) is 0 Å². The molecule has 1 rings (SSSR count). The molecule has 11 heteroatoms. The Morgan fingerprint density at radius 3 is 2.25 bits per heavy atom. The molecule has 0 saturated heterocycles. The van der Waals surface area contributed by atoms with Crippen LogP contribution in [0.5, 0.6) is 5.75 Å². The van der Waals surface area contributed by atoms with Crippen molar-refractivity contribution in [2.45, 2.75) is 6.36 Å². The maximum absolute atomic E-state index is 11.8. The molecular formula is C9H8ClF3O6S. The van der Waals surface area contributed by atoms with Crippen LogP contribution in [0.1, 0.15) is 10.4 Å². The number of carbonyl (C=O) groups is 1. The lowest BCUT2D eigenvalue weighted by molar-refractivity contribution is -0.274. The molecule has 0 aliphatic heterocycles. The Hall–Kier alpha value is -1.52. The fourth-order valence-corrected chi connectivity index (χ4v) is 0.938. The smallest absolute Gasteiger partial charge is 0.465 e. The molecule has 0 aliphatic rings. The number of alkyl halides is 3. The fourth-order valence-electron chi connectivity index (χ4n) is 0.938. The average molecular weight is 337 g/mol. The van der Waals surface area contributed by atoms with E-state index in [1.165, 1.54) is 12.1 Å². The Balaban J connectivity index is 0.000000621. The summed E-state index contributed by atoms with van der Waals surface area (Å²) in [6, 6.07) is 4.65. The largest absolute Gasteiger partial charge is 0.573 e. The molecule has 1 aromatic carbocycles. The van der Waals surface area contributed by atoms with Gasteiger partial charge in [0.2, 0.25) is 0 Å². The summed E-state index contributed by atoms with van der Waals surface area (Å²) in [6.07, 6.45) is -4.77.